The van der Waals surface area contributed by atoms with E-state index in [4.69, 9.17) is 16.2 Å². The Kier molecular flexibility index (Phi) is 5.93. The predicted molar refractivity (Wildman–Crippen MR) is 96.4 cm³/mol. The van der Waals surface area contributed by atoms with Crippen molar-refractivity contribution in [1.82, 2.24) is 0 Å². The van der Waals surface area contributed by atoms with Crippen LogP contribution in [0.15, 0.2) is 53.4 Å². The van der Waals surface area contributed by atoms with Crippen LogP contribution in [-0.2, 0) is 14.6 Å². The van der Waals surface area contributed by atoms with Crippen LogP contribution in [0.2, 0.25) is 0 Å². The van der Waals surface area contributed by atoms with Crippen LogP contribution in [0.1, 0.15) is 24.8 Å². The zero-order valence-corrected chi connectivity index (χ0v) is 14.4. The summed E-state index contributed by atoms with van der Waals surface area (Å²) in [5, 5.41) is 16.0. The van der Waals surface area contributed by atoms with Crippen LogP contribution in [0.4, 0.5) is 0 Å². The number of nitrogens with one attached hydrogen (secondary N) is 1. The van der Waals surface area contributed by atoms with Crippen LogP contribution < -0.4 is 5.73 Å². The summed E-state index contributed by atoms with van der Waals surface area (Å²) >= 11 is 0. The molecule has 0 amide bonds. The number of sulfone groups is 1. The van der Waals surface area contributed by atoms with Gasteiger partial charge in [0.15, 0.2) is 9.84 Å². The van der Waals surface area contributed by atoms with Gasteiger partial charge in [-0.3, -0.25) is 10.2 Å². The standard InChI is InChI=1S/C18H20N2O4S/c19-18(20)15-6-4-13(5-7-15)14-8-10-16(11-9-14)25(23,24)12-2-1-3-17(21)22/h4-11H,1-3,12H2,(H3,19,20)(H,21,22). The number of carbonyl (C=O) groups is 1. The van der Waals surface area contributed by atoms with Crippen molar-refractivity contribution < 1.29 is 18.3 Å². The molecule has 0 aromatic heterocycles. The Labute approximate surface area is 146 Å². The van der Waals surface area contributed by atoms with Gasteiger partial charge in [0.05, 0.1) is 10.6 Å². The average molecular weight is 360 g/mol. The van der Waals surface area contributed by atoms with Gasteiger partial charge in [-0.25, -0.2) is 8.42 Å². The normalized spacial score (nSPS) is 11.2. The quantitative estimate of drug-likeness (QED) is 0.379. The summed E-state index contributed by atoms with van der Waals surface area (Å²) in [5.74, 6) is -0.985. The number of carboxylic acids is 1. The molecule has 6 nitrogen and oxygen atoms in total. The minimum atomic E-state index is -3.41. The summed E-state index contributed by atoms with van der Waals surface area (Å²) in [4.78, 5) is 10.7. The second-order valence-corrected chi connectivity index (χ2v) is 7.79. The highest BCUT2D eigenvalue weighted by Crippen LogP contribution is 2.22. The maximum Gasteiger partial charge on any atom is 0.303 e. The van der Waals surface area contributed by atoms with Gasteiger partial charge < -0.3 is 10.8 Å². The number of unbranched alkanes of at least 4 members (excludes halogenated alkanes) is 1. The Hall–Kier alpha value is -2.67. The fraction of sp³-hybridized carbons (Fsp3) is 0.222. The molecule has 0 aliphatic heterocycles. The first kappa shape index (κ1) is 18.7. The van der Waals surface area contributed by atoms with Crippen LogP contribution >= 0.6 is 0 Å². The van der Waals surface area contributed by atoms with E-state index in [2.05, 4.69) is 0 Å². The summed E-state index contributed by atoms with van der Waals surface area (Å²) in [6.45, 7) is 0. The summed E-state index contributed by atoms with van der Waals surface area (Å²) in [7, 11) is -3.41. The lowest BCUT2D eigenvalue weighted by atomic mass is 10.0. The first-order valence-electron chi connectivity index (χ1n) is 7.79. The van der Waals surface area contributed by atoms with Gasteiger partial charge in [-0.1, -0.05) is 36.4 Å². The molecule has 0 radical (unpaired) electrons. The van der Waals surface area contributed by atoms with E-state index in [1.165, 1.54) is 0 Å². The lowest BCUT2D eigenvalue weighted by Gasteiger charge is -2.07. The van der Waals surface area contributed by atoms with Crippen molar-refractivity contribution in [3.63, 3.8) is 0 Å². The molecule has 7 heteroatoms. The molecule has 0 atom stereocenters. The zero-order chi connectivity index (χ0) is 18.4. The second-order valence-electron chi connectivity index (χ2n) is 5.69. The SMILES string of the molecule is N=C(N)c1ccc(-c2ccc(S(=O)(=O)CCCCC(=O)O)cc2)cc1. The summed E-state index contributed by atoms with van der Waals surface area (Å²) in [6.07, 6.45) is 0.642. The lowest BCUT2D eigenvalue weighted by molar-refractivity contribution is -0.137. The Bertz CT molecular complexity index is 857. The van der Waals surface area contributed by atoms with Gasteiger partial charge in [-0.2, -0.15) is 0 Å². The Morgan fingerprint density at radius 3 is 1.96 bits per heavy atom. The van der Waals surface area contributed by atoms with Gasteiger partial charge in [0.1, 0.15) is 5.84 Å². The van der Waals surface area contributed by atoms with Crippen LogP contribution in [-0.4, -0.2) is 31.1 Å². The van der Waals surface area contributed by atoms with E-state index in [1.807, 2.05) is 12.1 Å². The van der Waals surface area contributed by atoms with E-state index < -0.39 is 15.8 Å². The maximum absolute atomic E-state index is 12.3. The molecule has 0 bridgehead atoms. The highest BCUT2D eigenvalue weighted by atomic mass is 32.2. The first-order chi connectivity index (χ1) is 11.8. The van der Waals surface area contributed by atoms with Crippen molar-refractivity contribution in [2.75, 3.05) is 5.75 Å². The van der Waals surface area contributed by atoms with Crippen molar-refractivity contribution in [2.24, 2.45) is 5.73 Å². The second kappa shape index (κ2) is 7.94. The zero-order valence-electron chi connectivity index (χ0n) is 13.6. The van der Waals surface area contributed by atoms with E-state index in [-0.39, 0.29) is 22.9 Å². The molecule has 0 saturated carbocycles. The smallest absolute Gasteiger partial charge is 0.303 e. The van der Waals surface area contributed by atoms with Gasteiger partial charge in [-0.15, -0.1) is 0 Å². The van der Waals surface area contributed by atoms with Crippen molar-refractivity contribution in [1.29, 1.82) is 5.41 Å². The monoisotopic (exact) mass is 360 g/mol. The maximum atomic E-state index is 12.3. The molecule has 0 aliphatic carbocycles. The topological polar surface area (TPSA) is 121 Å². The van der Waals surface area contributed by atoms with Gasteiger partial charge in [0.2, 0.25) is 0 Å². The Balaban J connectivity index is 2.08. The van der Waals surface area contributed by atoms with Gasteiger partial charge in [-0.05, 0) is 36.1 Å². The third kappa shape index (κ3) is 5.15. The summed E-state index contributed by atoms with van der Waals surface area (Å²) in [5.41, 5.74) is 7.81. The fourth-order valence-corrected chi connectivity index (χ4v) is 3.75. The molecule has 0 unspecified atom stereocenters. The molecule has 0 aliphatic rings. The first-order valence-corrected chi connectivity index (χ1v) is 9.44. The molecule has 25 heavy (non-hydrogen) atoms. The minimum absolute atomic E-state index is 0.00381. The predicted octanol–water partition coefficient (Wildman–Crippen LogP) is 2.67. The summed E-state index contributed by atoms with van der Waals surface area (Å²) < 4.78 is 24.5. The molecule has 2 rings (SSSR count). The number of nitrogens with two attached hydrogens (primary N) is 1. The van der Waals surface area contributed by atoms with Crippen LogP contribution in [0, 0.1) is 5.41 Å². The van der Waals surface area contributed by atoms with E-state index in [0.29, 0.717) is 18.4 Å². The summed E-state index contributed by atoms with van der Waals surface area (Å²) in [6, 6.07) is 13.7. The number of hydrogen-bond donors (Lipinski definition) is 3. The van der Waals surface area contributed by atoms with Crippen LogP contribution in [0.3, 0.4) is 0 Å². The molecular weight excluding hydrogens is 340 g/mol. The molecule has 4 N–H and O–H groups in total. The number of rotatable bonds is 8. The Morgan fingerprint density at radius 1 is 0.960 bits per heavy atom. The molecule has 0 spiro atoms. The highest BCUT2D eigenvalue weighted by Gasteiger charge is 2.14. The largest absolute Gasteiger partial charge is 0.481 e. The van der Waals surface area contributed by atoms with Crippen molar-refractivity contribution in [2.45, 2.75) is 24.2 Å². The van der Waals surface area contributed by atoms with Crippen LogP contribution in [0.5, 0.6) is 0 Å². The van der Waals surface area contributed by atoms with E-state index in [9.17, 15) is 13.2 Å². The number of benzene rings is 2. The van der Waals surface area contributed by atoms with Gasteiger partial charge in [0.25, 0.3) is 0 Å². The van der Waals surface area contributed by atoms with Crippen molar-refractivity contribution in [3.05, 3.63) is 54.1 Å². The van der Waals surface area contributed by atoms with E-state index >= 15 is 0 Å². The molecule has 0 heterocycles. The van der Waals surface area contributed by atoms with Crippen molar-refractivity contribution in [3.8, 4) is 11.1 Å². The van der Waals surface area contributed by atoms with Crippen LogP contribution in [0.25, 0.3) is 11.1 Å². The fourth-order valence-electron chi connectivity index (χ4n) is 2.38. The molecule has 0 fully saturated rings. The third-order valence-electron chi connectivity index (χ3n) is 3.80. The number of aliphatic carboxylic acids is 1. The molecule has 132 valence electrons. The number of amidine groups is 1. The average Bonchev–Trinajstić information content (AvgIpc) is 2.59. The Morgan fingerprint density at radius 2 is 1.48 bits per heavy atom. The molecule has 0 saturated heterocycles. The van der Waals surface area contributed by atoms with Gasteiger partial charge in [0, 0.05) is 12.0 Å². The third-order valence-corrected chi connectivity index (χ3v) is 5.61. The number of nitrogen functional groups attached to an aromatic ring is 1. The highest BCUT2D eigenvalue weighted by molar-refractivity contribution is 7.91. The number of carboxylic acid groups (broad SMARTS) is 1. The molecule has 2 aromatic carbocycles. The van der Waals surface area contributed by atoms with E-state index in [0.717, 1.165) is 11.1 Å². The number of hydrogen-bond acceptors (Lipinski definition) is 4. The van der Waals surface area contributed by atoms with Crippen molar-refractivity contribution >= 4 is 21.6 Å². The van der Waals surface area contributed by atoms with E-state index in [1.54, 1.807) is 36.4 Å². The lowest BCUT2D eigenvalue weighted by Crippen LogP contribution is -2.10. The van der Waals surface area contributed by atoms with Gasteiger partial charge >= 0.3 is 5.97 Å². The minimum Gasteiger partial charge on any atom is -0.481 e. The molecule has 2 aromatic rings. The molecular formula is C18H20N2O4S.